The van der Waals surface area contributed by atoms with Gasteiger partial charge < -0.3 is 14.6 Å². The predicted octanol–water partition coefficient (Wildman–Crippen LogP) is 1.51. The van der Waals surface area contributed by atoms with E-state index in [4.69, 9.17) is 4.74 Å². The Balaban J connectivity index is 1.88. The fourth-order valence-electron chi connectivity index (χ4n) is 2.29. The molecule has 1 saturated heterocycles. The second-order valence-corrected chi connectivity index (χ2v) is 5.57. The molecule has 1 atom stereocenters. The highest BCUT2D eigenvalue weighted by molar-refractivity contribution is 5.91. The summed E-state index contributed by atoms with van der Waals surface area (Å²) in [6, 6.07) is 0.187. The van der Waals surface area contributed by atoms with Gasteiger partial charge in [-0.3, -0.25) is 4.79 Å². The second-order valence-electron chi connectivity index (χ2n) is 5.57. The smallest absolute Gasteiger partial charge is 0.244 e. The van der Waals surface area contributed by atoms with Crippen LogP contribution in [0.2, 0.25) is 0 Å². The standard InChI is InChI=1S/C14H21N3O2/c1-14(2)8-11(6-7-19-14)16-13(18)5-4-12-9-15-10-17(12)3/h4-5,9-11H,6-8H2,1-3H3,(H,16,18). The van der Waals surface area contributed by atoms with Crippen molar-refractivity contribution in [2.75, 3.05) is 6.61 Å². The first-order chi connectivity index (χ1) is 8.96. The van der Waals surface area contributed by atoms with Crippen molar-refractivity contribution in [1.82, 2.24) is 14.9 Å². The normalized spacial score (nSPS) is 22.6. The molecule has 0 aliphatic carbocycles. The zero-order valence-electron chi connectivity index (χ0n) is 11.7. The lowest BCUT2D eigenvalue weighted by atomic mass is 9.94. The van der Waals surface area contributed by atoms with Crippen LogP contribution in [0, 0.1) is 0 Å². The highest BCUT2D eigenvalue weighted by Gasteiger charge is 2.29. The highest BCUT2D eigenvalue weighted by atomic mass is 16.5. The number of hydrogen-bond acceptors (Lipinski definition) is 3. The number of aryl methyl sites for hydroxylation is 1. The van der Waals surface area contributed by atoms with Crippen molar-refractivity contribution in [1.29, 1.82) is 0 Å². The van der Waals surface area contributed by atoms with Crippen LogP contribution in [0.5, 0.6) is 0 Å². The third kappa shape index (κ3) is 3.92. The Morgan fingerprint density at radius 3 is 3.05 bits per heavy atom. The Morgan fingerprint density at radius 1 is 1.63 bits per heavy atom. The zero-order valence-corrected chi connectivity index (χ0v) is 11.7. The van der Waals surface area contributed by atoms with Gasteiger partial charge in [0.05, 0.1) is 23.8 Å². The van der Waals surface area contributed by atoms with Crippen molar-refractivity contribution in [3.8, 4) is 0 Å². The van der Waals surface area contributed by atoms with Crippen LogP contribution in [0.25, 0.3) is 6.08 Å². The summed E-state index contributed by atoms with van der Waals surface area (Å²) < 4.78 is 7.49. The first kappa shape index (κ1) is 13.8. The molecule has 5 heteroatoms. The molecule has 1 aliphatic heterocycles. The fraction of sp³-hybridized carbons (Fsp3) is 0.571. The molecule has 1 unspecified atom stereocenters. The van der Waals surface area contributed by atoms with Crippen LogP contribution in [0.1, 0.15) is 32.4 Å². The van der Waals surface area contributed by atoms with Crippen molar-refractivity contribution in [3.63, 3.8) is 0 Å². The van der Waals surface area contributed by atoms with Gasteiger partial charge in [0, 0.05) is 25.8 Å². The number of aromatic nitrogens is 2. The molecule has 2 heterocycles. The summed E-state index contributed by atoms with van der Waals surface area (Å²) in [5.74, 6) is -0.0658. The number of nitrogens with zero attached hydrogens (tertiary/aromatic N) is 2. The quantitative estimate of drug-likeness (QED) is 0.841. The van der Waals surface area contributed by atoms with Crippen LogP contribution in [0.4, 0.5) is 0 Å². The third-order valence-electron chi connectivity index (χ3n) is 3.30. The number of amides is 1. The van der Waals surface area contributed by atoms with Crippen molar-refractivity contribution in [2.24, 2.45) is 7.05 Å². The molecule has 2 rings (SSSR count). The van der Waals surface area contributed by atoms with Crippen LogP contribution >= 0.6 is 0 Å². The monoisotopic (exact) mass is 263 g/mol. The molecule has 0 spiro atoms. The maximum atomic E-state index is 11.9. The summed E-state index contributed by atoms with van der Waals surface area (Å²) in [4.78, 5) is 15.9. The third-order valence-corrected chi connectivity index (χ3v) is 3.30. The molecule has 1 fully saturated rings. The minimum Gasteiger partial charge on any atom is -0.375 e. The first-order valence-corrected chi connectivity index (χ1v) is 6.55. The van der Waals surface area contributed by atoms with Gasteiger partial charge in [-0.15, -0.1) is 0 Å². The molecule has 104 valence electrons. The molecule has 1 N–H and O–H groups in total. The van der Waals surface area contributed by atoms with Crippen LogP contribution < -0.4 is 5.32 Å². The van der Waals surface area contributed by atoms with E-state index >= 15 is 0 Å². The number of imidazole rings is 1. The van der Waals surface area contributed by atoms with E-state index in [1.54, 1.807) is 24.7 Å². The van der Waals surface area contributed by atoms with Gasteiger partial charge in [-0.05, 0) is 32.8 Å². The minimum absolute atomic E-state index is 0.0658. The maximum Gasteiger partial charge on any atom is 0.244 e. The zero-order chi connectivity index (χ0) is 13.9. The van der Waals surface area contributed by atoms with Crippen LogP contribution in [0.3, 0.4) is 0 Å². The predicted molar refractivity (Wildman–Crippen MR) is 73.4 cm³/mol. The minimum atomic E-state index is -0.151. The van der Waals surface area contributed by atoms with E-state index in [0.717, 1.165) is 18.5 Å². The largest absolute Gasteiger partial charge is 0.375 e. The fourth-order valence-corrected chi connectivity index (χ4v) is 2.29. The van der Waals surface area contributed by atoms with Crippen molar-refractivity contribution in [2.45, 2.75) is 38.3 Å². The van der Waals surface area contributed by atoms with Gasteiger partial charge in [0.2, 0.25) is 5.91 Å². The SMILES string of the molecule is Cn1cncc1C=CC(=O)NC1CCOC(C)(C)C1. The molecule has 19 heavy (non-hydrogen) atoms. The molecular weight excluding hydrogens is 242 g/mol. The summed E-state index contributed by atoms with van der Waals surface area (Å²) in [5, 5.41) is 3.02. The van der Waals surface area contributed by atoms with E-state index in [-0.39, 0.29) is 17.6 Å². The Hall–Kier alpha value is -1.62. The summed E-state index contributed by atoms with van der Waals surface area (Å²) >= 11 is 0. The van der Waals surface area contributed by atoms with Gasteiger partial charge in [0.25, 0.3) is 0 Å². The van der Waals surface area contributed by atoms with E-state index < -0.39 is 0 Å². The van der Waals surface area contributed by atoms with Crippen LogP contribution in [-0.2, 0) is 16.6 Å². The average Bonchev–Trinajstić information content (AvgIpc) is 2.71. The van der Waals surface area contributed by atoms with Crippen molar-refractivity contribution < 1.29 is 9.53 Å². The molecule has 1 aromatic rings. The maximum absolute atomic E-state index is 11.9. The summed E-state index contributed by atoms with van der Waals surface area (Å²) in [5.41, 5.74) is 0.754. The summed E-state index contributed by atoms with van der Waals surface area (Å²) in [6.07, 6.45) is 8.47. The van der Waals surface area contributed by atoms with Crippen LogP contribution in [0.15, 0.2) is 18.6 Å². The Kier molecular flexibility index (Phi) is 4.04. The second kappa shape index (κ2) is 5.57. The number of hydrogen-bond donors (Lipinski definition) is 1. The van der Waals surface area contributed by atoms with E-state index in [9.17, 15) is 4.79 Å². The Labute approximate surface area is 113 Å². The number of ether oxygens (including phenoxy) is 1. The molecule has 5 nitrogen and oxygen atoms in total. The van der Waals surface area contributed by atoms with Gasteiger partial charge in [-0.25, -0.2) is 4.98 Å². The number of nitrogens with one attached hydrogen (secondary N) is 1. The van der Waals surface area contributed by atoms with Gasteiger partial charge in [0.1, 0.15) is 0 Å². The average molecular weight is 263 g/mol. The molecule has 0 radical (unpaired) electrons. The van der Waals surface area contributed by atoms with Gasteiger partial charge in [-0.2, -0.15) is 0 Å². The number of carbonyl (C=O) groups is 1. The molecule has 1 aromatic heterocycles. The van der Waals surface area contributed by atoms with Gasteiger partial charge in [0.15, 0.2) is 0 Å². The van der Waals surface area contributed by atoms with E-state index in [1.165, 1.54) is 0 Å². The van der Waals surface area contributed by atoms with E-state index in [2.05, 4.69) is 24.1 Å². The summed E-state index contributed by atoms with van der Waals surface area (Å²) in [7, 11) is 1.89. The lowest BCUT2D eigenvalue weighted by Gasteiger charge is -2.35. The Morgan fingerprint density at radius 2 is 2.42 bits per heavy atom. The molecule has 1 amide bonds. The topological polar surface area (TPSA) is 56.2 Å². The molecule has 1 aliphatic rings. The van der Waals surface area contributed by atoms with Crippen molar-refractivity contribution >= 4 is 12.0 Å². The first-order valence-electron chi connectivity index (χ1n) is 6.55. The van der Waals surface area contributed by atoms with E-state index in [1.807, 2.05) is 11.6 Å². The Bertz CT molecular complexity index is 477. The van der Waals surface area contributed by atoms with E-state index in [0.29, 0.717) is 6.61 Å². The molecule has 0 bridgehead atoms. The van der Waals surface area contributed by atoms with Gasteiger partial charge >= 0.3 is 0 Å². The van der Waals surface area contributed by atoms with Crippen molar-refractivity contribution in [3.05, 3.63) is 24.3 Å². The molecule has 0 saturated carbocycles. The lowest BCUT2D eigenvalue weighted by Crippen LogP contribution is -2.45. The van der Waals surface area contributed by atoms with Gasteiger partial charge in [-0.1, -0.05) is 0 Å². The number of rotatable bonds is 3. The molecular formula is C14H21N3O2. The number of carbonyl (C=O) groups excluding carboxylic acids is 1. The molecule has 0 aromatic carbocycles. The lowest BCUT2D eigenvalue weighted by molar-refractivity contribution is -0.119. The summed E-state index contributed by atoms with van der Waals surface area (Å²) in [6.45, 7) is 4.80. The highest BCUT2D eigenvalue weighted by Crippen LogP contribution is 2.23. The van der Waals surface area contributed by atoms with Crippen LogP contribution in [-0.4, -0.2) is 33.7 Å².